The molecule has 0 saturated carbocycles. The van der Waals surface area contributed by atoms with Gasteiger partial charge in [-0.25, -0.2) is 9.50 Å². The van der Waals surface area contributed by atoms with Crippen LogP contribution in [0.25, 0.3) is 5.65 Å². The van der Waals surface area contributed by atoms with Crippen molar-refractivity contribution in [3.63, 3.8) is 0 Å². The first-order valence-corrected chi connectivity index (χ1v) is 5.03. The molecule has 2 rings (SSSR count). The van der Waals surface area contributed by atoms with E-state index >= 15 is 0 Å². The minimum atomic E-state index is -0.986. The Hall–Kier alpha value is -1.50. The number of hydrogen-bond donors (Lipinski definition) is 3. The zero-order valence-electron chi connectivity index (χ0n) is 8.91. The second kappa shape index (κ2) is 4.56. The van der Waals surface area contributed by atoms with E-state index in [1.807, 2.05) is 0 Å². The molecular formula is C10H14N4O2. The van der Waals surface area contributed by atoms with E-state index in [2.05, 4.69) is 15.4 Å². The van der Waals surface area contributed by atoms with Crippen molar-refractivity contribution >= 4 is 5.65 Å². The first kappa shape index (κ1) is 11.0. The zero-order valence-corrected chi connectivity index (χ0v) is 8.91. The van der Waals surface area contributed by atoms with Crippen molar-refractivity contribution in [2.75, 3.05) is 13.6 Å². The molecule has 0 aliphatic rings. The van der Waals surface area contributed by atoms with Gasteiger partial charge >= 0.3 is 0 Å². The molecule has 0 spiro atoms. The van der Waals surface area contributed by atoms with Crippen LogP contribution in [0, 0.1) is 0 Å². The monoisotopic (exact) mass is 222 g/mol. The molecule has 2 atom stereocenters. The Morgan fingerprint density at radius 1 is 1.50 bits per heavy atom. The molecule has 6 nitrogen and oxygen atoms in total. The van der Waals surface area contributed by atoms with Crippen LogP contribution in [0.1, 0.15) is 11.7 Å². The minimum absolute atomic E-state index is 0.311. The molecule has 86 valence electrons. The Balaban J connectivity index is 2.32. The third kappa shape index (κ3) is 1.90. The smallest absolute Gasteiger partial charge is 0.160 e. The van der Waals surface area contributed by atoms with Gasteiger partial charge in [-0.2, -0.15) is 5.10 Å². The molecule has 0 aliphatic heterocycles. The van der Waals surface area contributed by atoms with Gasteiger partial charge < -0.3 is 15.5 Å². The Morgan fingerprint density at radius 2 is 2.31 bits per heavy atom. The summed E-state index contributed by atoms with van der Waals surface area (Å²) in [6.07, 6.45) is 3.02. The summed E-state index contributed by atoms with van der Waals surface area (Å²) in [7, 11) is 1.71. The highest BCUT2D eigenvalue weighted by atomic mass is 16.3. The third-order valence-electron chi connectivity index (χ3n) is 2.40. The normalized spacial score (nSPS) is 15.2. The lowest BCUT2D eigenvalue weighted by Crippen LogP contribution is -2.29. The van der Waals surface area contributed by atoms with Gasteiger partial charge in [0.25, 0.3) is 0 Å². The van der Waals surface area contributed by atoms with E-state index in [9.17, 15) is 10.2 Å². The molecule has 3 N–H and O–H groups in total. The predicted octanol–water partition coefficient (Wildman–Crippen LogP) is -0.657. The number of rotatable bonds is 4. The Labute approximate surface area is 92.6 Å². The second-order valence-electron chi connectivity index (χ2n) is 3.56. The Bertz CT molecular complexity index is 471. The van der Waals surface area contributed by atoms with Crippen molar-refractivity contribution < 1.29 is 10.2 Å². The number of nitrogens with one attached hydrogen (secondary N) is 1. The number of hydrogen-bond acceptors (Lipinski definition) is 5. The molecule has 2 aromatic heterocycles. The lowest BCUT2D eigenvalue weighted by Gasteiger charge is -2.15. The predicted molar refractivity (Wildman–Crippen MR) is 57.9 cm³/mol. The highest BCUT2D eigenvalue weighted by Crippen LogP contribution is 2.19. The maximum Gasteiger partial charge on any atom is 0.160 e. The molecule has 2 aromatic rings. The van der Waals surface area contributed by atoms with E-state index in [1.165, 1.54) is 6.20 Å². The van der Waals surface area contributed by atoms with E-state index < -0.39 is 12.2 Å². The first-order valence-electron chi connectivity index (χ1n) is 5.03. The molecule has 2 heterocycles. The Kier molecular flexibility index (Phi) is 3.14. The van der Waals surface area contributed by atoms with Crippen LogP contribution in [0.4, 0.5) is 0 Å². The van der Waals surface area contributed by atoms with Gasteiger partial charge in [0, 0.05) is 24.5 Å². The van der Waals surface area contributed by atoms with Crippen LogP contribution in [0.5, 0.6) is 0 Å². The quantitative estimate of drug-likeness (QED) is 0.640. The lowest BCUT2D eigenvalue weighted by atomic mass is 10.1. The van der Waals surface area contributed by atoms with Gasteiger partial charge in [-0.1, -0.05) is 0 Å². The fourth-order valence-electron chi connectivity index (χ4n) is 1.58. The molecule has 0 saturated heterocycles. The molecular weight excluding hydrogens is 208 g/mol. The van der Waals surface area contributed by atoms with Crippen molar-refractivity contribution in [1.82, 2.24) is 19.9 Å². The van der Waals surface area contributed by atoms with E-state index in [4.69, 9.17) is 0 Å². The van der Waals surface area contributed by atoms with Crippen molar-refractivity contribution in [2.24, 2.45) is 0 Å². The standard InChI is InChI=1S/C10H14N4O2/c1-11-6-8(15)9(16)7-5-13-14-4-2-3-12-10(7)14/h2-5,8-9,11,15-16H,6H2,1H3. The minimum Gasteiger partial charge on any atom is -0.389 e. The second-order valence-corrected chi connectivity index (χ2v) is 3.56. The van der Waals surface area contributed by atoms with Crippen molar-refractivity contribution in [3.05, 3.63) is 30.2 Å². The SMILES string of the molecule is CNCC(O)C(O)c1cnn2cccnc12. The number of likely N-dealkylation sites (N-methyl/N-ethyl adjacent to an activating group) is 1. The molecule has 0 aliphatic carbocycles. The molecule has 6 heteroatoms. The topological polar surface area (TPSA) is 82.7 Å². The number of aliphatic hydroxyl groups is 2. The summed E-state index contributed by atoms with van der Waals surface area (Å²) in [4.78, 5) is 4.11. The molecule has 0 bridgehead atoms. The van der Waals surface area contributed by atoms with Crippen LogP contribution in [-0.2, 0) is 0 Å². The molecule has 0 fully saturated rings. The fourth-order valence-corrected chi connectivity index (χ4v) is 1.58. The van der Waals surface area contributed by atoms with Gasteiger partial charge in [0.1, 0.15) is 6.10 Å². The maximum atomic E-state index is 9.92. The van der Waals surface area contributed by atoms with Gasteiger partial charge in [0.2, 0.25) is 0 Å². The summed E-state index contributed by atoms with van der Waals surface area (Å²) in [5.41, 5.74) is 1.09. The van der Waals surface area contributed by atoms with Crippen LogP contribution in [0.15, 0.2) is 24.7 Å². The largest absolute Gasteiger partial charge is 0.389 e. The molecule has 0 amide bonds. The van der Waals surface area contributed by atoms with Gasteiger partial charge in [-0.05, 0) is 13.1 Å². The maximum absolute atomic E-state index is 9.92. The molecule has 2 unspecified atom stereocenters. The number of fused-ring (bicyclic) bond motifs is 1. The van der Waals surface area contributed by atoms with E-state index in [0.717, 1.165) is 0 Å². The number of nitrogens with zero attached hydrogens (tertiary/aromatic N) is 3. The first-order chi connectivity index (χ1) is 7.74. The van der Waals surface area contributed by atoms with E-state index in [0.29, 0.717) is 17.8 Å². The number of aromatic nitrogens is 3. The summed E-state index contributed by atoms with van der Waals surface area (Å²) in [5, 5.41) is 26.4. The third-order valence-corrected chi connectivity index (χ3v) is 2.40. The van der Waals surface area contributed by atoms with Crippen LogP contribution < -0.4 is 5.32 Å². The van der Waals surface area contributed by atoms with Gasteiger partial charge in [0.05, 0.1) is 12.3 Å². The summed E-state index contributed by atoms with van der Waals surface area (Å²) >= 11 is 0. The summed E-state index contributed by atoms with van der Waals surface area (Å²) in [5.74, 6) is 0. The van der Waals surface area contributed by atoms with Gasteiger partial charge in [-0.3, -0.25) is 0 Å². The van der Waals surface area contributed by atoms with Crippen LogP contribution >= 0.6 is 0 Å². The molecule has 16 heavy (non-hydrogen) atoms. The van der Waals surface area contributed by atoms with E-state index in [-0.39, 0.29) is 0 Å². The average Bonchev–Trinajstić information content (AvgIpc) is 2.72. The van der Waals surface area contributed by atoms with E-state index in [1.54, 1.807) is 30.0 Å². The van der Waals surface area contributed by atoms with Gasteiger partial charge in [-0.15, -0.1) is 0 Å². The zero-order chi connectivity index (χ0) is 11.5. The van der Waals surface area contributed by atoms with Crippen molar-refractivity contribution in [2.45, 2.75) is 12.2 Å². The van der Waals surface area contributed by atoms with Gasteiger partial charge in [0.15, 0.2) is 5.65 Å². The van der Waals surface area contributed by atoms with Crippen LogP contribution in [-0.4, -0.2) is 44.5 Å². The highest BCUT2D eigenvalue weighted by Gasteiger charge is 2.21. The summed E-state index contributed by atoms with van der Waals surface area (Å²) in [6, 6.07) is 1.75. The lowest BCUT2D eigenvalue weighted by molar-refractivity contribution is 0.0209. The fraction of sp³-hybridized carbons (Fsp3) is 0.400. The molecule has 0 aromatic carbocycles. The highest BCUT2D eigenvalue weighted by molar-refractivity contribution is 5.47. The Morgan fingerprint density at radius 3 is 3.06 bits per heavy atom. The molecule has 0 radical (unpaired) electrons. The van der Waals surface area contributed by atoms with Crippen molar-refractivity contribution in [1.29, 1.82) is 0 Å². The van der Waals surface area contributed by atoms with Crippen LogP contribution in [0.3, 0.4) is 0 Å². The number of aliphatic hydroxyl groups excluding tert-OH is 2. The summed E-state index contributed by atoms with van der Waals surface area (Å²) < 4.78 is 1.56. The van der Waals surface area contributed by atoms with Crippen LogP contribution in [0.2, 0.25) is 0 Å². The summed E-state index contributed by atoms with van der Waals surface area (Å²) in [6.45, 7) is 0.311. The van der Waals surface area contributed by atoms with Crippen molar-refractivity contribution in [3.8, 4) is 0 Å². The average molecular weight is 222 g/mol.